The first kappa shape index (κ1) is 22.2. The monoisotopic (exact) mass is 415 g/mol. The van der Waals surface area contributed by atoms with Gasteiger partial charge >= 0.3 is 0 Å². The van der Waals surface area contributed by atoms with E-state index in [2.05, 4.69) is 19.2 Å². The third kappa shape index (κ3) is 3.82. The number of nitrogens with one attached hydrogen (secondary N) is 1. The Balaban J connectivity index is 2.13. The van der Waals surface area contributed by atoms with Gasteiger partial charge in [-0.25, -0.2) is 0 Å². The Kier molecular flexibility index (Phi) is 6.48. The van der Waals surface area contributed by atoms with Crippen LogP contribution in [0.25, 0.3) is 0 Å². The fraction of sp³-hybridized carbons (Fsp3) is 0.500. The molecule has 1 saturated heterocycles. The van der Waals surface area contributed by atoms with Gasteiger partial charge in [0.15, 0.2) is 0 Å². The van der Waals surface area contributed by atoms with Gasteiger partial charge in [0.25, 0.3) is 0 Å². The lowest BCUT2D eigenvalue weighted by Gasteiger charge is -2.50. The third-order valence-electron chi connectivity index (χ3n) is 6.75. The van der Waals surface area contributed by atoms with E-state index in [1.54, 1.807) is 28.4 Å². The number of methoxy groups -OCH3 is 4. The molecule has 2 aromatic rings. The molecule has 30 heavy (non-hydrogen) atoms. The molecule has 0 spiro atoms. The summed E-state index contributed by atoms with van der Waals surface area (Å²) in [6.45, 7) is 6.03. The standard InChI is InChI=1S/C24H33NO5/c1-14-22(18-12-16(27-4)8-10-20(18)29-6)25-23(15(2)24(14,3)26)19-13-17(28-5)9-11-21(19)30-7/h8-15,22-23,25-26H,1-7H3/t14-,15-,22-,23-/m0/s1. The van der Waals surface area contributed by atoms with E-state index >= 15 is 0 Å². The van der Waals surface area contributed by atoms with Crippen LogP contribution < -0.4 is 24.3 Å². The van der Waals surface area contributed by atoms with Crippen LogP contribution in [0.1, 0.15) is 44.0 Å². The number of hydrogen-bond donors (Lipinski definition) is 2. The molecule has 1 heterocycles. The average Bonchev–Trinajstić information content (AvgIpc) is 2.77. The topological polar surface area (TPSA) is 69.2 Å². The number of rotatable bonds is 6. The molecule has 0 radical (unpaired) electrons. The van der Waals surface area contributed by atoms with Crippen molar-refractivity contribution in [2.24, 2.45) is 11.8 Å². The lowest BCUT2D eigenvalue weighted by molar-refractivity contribution is -0.0964. The number of hydrogen-bond acceptors (Lipinski definition) is 6. The molecule has 6 nitrogen and oxygen atoms in total. The van der Waals surface area contributed by atoms with Gasteiger partial charge in [0.2, 0.25) is 0 Å². The summed E-state index contributed by atoms with van der Waals surface area (Å²) >= 11 is 0. The van der Waals surface area contributed by atoms with Crippen LogP contribution in [-0.2, 0) is 0 Å². The van der Waals surface area contributed by atoms with E-state index in [0.717, 1.165) is 34.1 Å². The van der Waals surface area contributed by atoms with Crippen LogP contribution in [0.3, 0.4) is 0 Å². The molecule has 0 unspecified atom stereocenters. The van der Waals surface area contributed by atoms with Crippen molar-refractivity contribution in [1.82, 2.24) is 5.32 Å². The highest BCUT2D eigenvalue weighted by Crippen LogP contribution is 2.50. The molecule has 0 aliphatic carbocycles. The fourth-order valence-electron chi connectivity index (χ4n) is 4.45. The van der Waals surface area contributed by atoms with Crippen LogP contribution >= 0.6 is 0 Å². The summed E-state index contributed by atoms with van der Waals surface area (Å²) in [6.07, 6.45) is 0. The van der Waals surface area contributed by atoms with Crippen LogP contribution in [0.15, 0.2) is 36.4 Å². The van der Waals surface area contributed by atoms with Crippen LogP contribution in [0.4, 0.5) is 0 Å². The first-order valence-electron chi connectivity index (χ1n) is 10.2. The van der Waals surface area contributed by atoms with Crippen molar-refractivity contribution in [3.8, 4) is 23.0 Å². The van der Waals surface area contributed by atoms with Crippen molar-refractivity contribution < 1.29 is 24.1 Å². The molecular weight excluding hydrogens is 382 g/mol. The summed E-state index contributed by atoms with van der Waals surface area (Å²) in [5.41, 5.74) is 0.953. The Bertz CT molecular complexity index is 812. The highest BCUT2D eigenvalue weighted by atomic mass is 16.5. The van der Waals surface area contributed by atoms with Crippen LogP contribution in [-0.4, -0.2) is 39.1 Å². The van der Waals surface area contributed by atoms with Crippen molar-refractivity contribution in [3.05, 3.63) is 47.5 Å². The van der Waals surface area contributed by atoms with Crippen molar-refractivity contribution in [2.45, 2.75) is 38.5 Å². The SMILES string of the molecule is COc1ccc(OC)c([C@H]2N[C@H](c3cc(OC)ccc3OC)[C@H](C)C(C)(O)[C@H]2C)c1. The highest BCUT2D eigenvalue weighted by molar-refractivity contribution is 5.46. The molecule has 0 saturated carbocycles. The van der Waals surface area contributed by atoms with E-state index in [9.17, 15) is 5.11 Å². The van der Waals surface area contributed by atoms with E-state index in [0.29, 0.717) is 0 Å². The second-order valence-corrected chi connectivity index (χ2v) is 8.14. The number of ether oxygens (including phenoxy) is 4. The highest BCUT2D eigenvalue weighted by Gasteiger charge is 2.49. The van der Waals surface area contributed by atoms with Gasteiger partial charge in [-0.2, -0.15) is 0 Å². The van der Waals surface area contributed by atoms with Crippen LogP contribution in [0.2, 0.25) is 0 Å². The third-order valence-corrected chi connectivity index (χ3v) is 6.75. The predicted molar refractivity (Wildman–Crippen MR) is 117 cm³/mol. The largest absolute Gasteiger partial charge is 0.497 e. The summed E-state index contributed by atoms with van der Waals surface area (Å²) in [6, 6.07) is 11.2. The molecule has 0 bridgehead atoms. The van der Waals surface area contributed by atoms with Gasteiger partial charge in [-0.3, -0.25) is 0 Å². The predicted octanol–water partition coefficient (Wildman–Crippen LogP) is 4.13. The number of aliphatic hydroxyl groups is 1. The van der Waals surface area contributed by atoms with Gasteiger partial charge in [0, 0.05) is 35.0 Å². The van der Waals surface area contributed by atoms with Crippen molar-refractivity contribution >= 4 is 0 Å². The Morgan fingerprint density at radius 1 is 0.733 bits per heavy atom. The maximum atomic E-state index is 11.6. The molecule has 0 aromatic heterocycles. The van der Waals surface area contributed by atoms with Gasteiger partial charge in [-0.05, 0) is 43.3 Å². The van der Waals surface area contributed by atoms with Crippen LogP contribution in [0, 0.1) is 11.8 Å². The Morgan fingerprint density at radius 2 is 1.13 bits per heavy atom. The fourth-order valence-corrected chi connectivity index (χ4v) is 4.45. The normalized spacial score (nSPS) is 28.7. The van der Waals surface area contributed by atoms with E-state index in [4.69, 9.17) is 18.9 Å². The smallest absolute Gasteiger partial charge is 0.123 e. The summed E-state index contributed by atoms with van der Waals surface area (Å²) in [5, 5.41) is 15.3. The van der Waals surface area contributed by atoms with E-state index in [-0.39, 0.29) is 23.9 Å². The van der Waals surface area contributed by atoms with Crippen molar-refractivity contribution in [2.75, 3.05) is 28.4 Å². The van der Waals surface area contributed by atoms with Crippen molar-refractivity contribution in [1.29, 1.82) is 0 Å². The van der Waals surface area contributed by atoms with E-state index in [1.807, 2.05) is 43.3 Å². The zero-order valence-electron chi connectivity index (χ0n) is 18.9. The molecule has 2 aromatic carbocycles. The van der Waals surface area contributed by atoms with E-state index < -0.39 is 5.60 Å². The number of benzene rings is 2. The van der Waals surface area contributed by atoms with Gasteiger partial charge in [0.05, 0.1) is 34.0 Å². The van der Waals surface area contributed by atoms with Crippen LogP contribution in [0.5, 0.6) is 23.0 Å². The second kappa shape index (κ2) is 8.74. The maximum Gasteiger partial charge on any atom is 0.123 e. The maximum absolute atomic E-state index is 11.6. The minimum atomic E-state index is -0.942. The molecule has 6 heteroatoms. The van der Waals surface area contributed by atoms with Crippen molar-refractivity contribution in [3.63, 3.8) is 0 Å². The molecule has 2 N–H and O–H groups in total. The van der Waals surface area contributed by atoms with Gasteiger partial charge in [0.1, 0.15) is 23.0 Å². The lowest BCUT2D eigenvalue weighted by Crippen LogP contribution is -2.56. The second-order valence-electron chi connectivity index (χ2n) is 8.14. The Morgan fingerprint density at radius 3 is 1.47 bits per heavy atom. The molecular formula is C24H33NO5. The Labute approximate surface area is 179 Å². The Hall–Kier alpha value is -2.44. The summed E-state index contributed by atoms with van der Waals surface area (Å²) in [5.74, 6) is 2.83. The van der Waals surface area contributed by atoms with Gasteiger partial charge in [-0.1, -0.05) is 13.8 Å². The molecule has 164 valence electrons. The minimum absolute atomic E-state index is 0.0821. The molecule has 3 rings (SSSR count). The number of piperidine rings is 1. The molecule has 1 aliphatic heterocycles. The first-order chi connectivity index (χ1) is 14.3. The molecule has 0 amide bonds. The molecule has 1 fully saturated rings. The first-order valence-corrected chi connectivity index (χ1v) is 10.2. The zero-order valence-corrected chi connectivity index (χ0v) is 18.9. The summed E-state index contributed by atoms with van der Waals surface area (Å²) in [4.78, 5) is 0. The lowest BCUT2D eigenvalue weighted by atomic mass is 9.67. The van der Waals surface area contributed by atoms with Gasteiger partial charge < -0.3 is 29.4 Å². The minimum Gasteiger partial charge on any atom is -0.497 e. The molecule has 4 atom stereocenters. The molecule has 1 aliphatic rings. The van der Waals surface area contributed by atoms with Gasteiger partial charge in [-0.15, -0.1) is 0 Å². The summed E-state index contributed by atoms with van der Waals surface area (Å²) in [7, 11) is 6.60. The average molecular weight is 416 g/mol. The zero-order chi connectivity index (χ0) is 22.1. The van der Waals surface area contributed by atoms with E-state index in [1.165, 1.54) is 0 Å². The quantitative estimate of drug-likeness (QED) is 0.739. The summed E-state index contributed by atoms with van der Waals surface area (Å²) < 4.78 is 22.2.